The van der Waals surface area contributed by atoms with Gasteiger partial charge in [0.1, 0.15) is 6.61 Å². The Bertz CT molecular complexity index is 553. The monoisotopic (exact) mass is 476 g/mol. The molecule has 0 amide bonds. The van der Waals surface area contributed by atoms with Gasteiger partial charge in [-0.05, 0) is 44.7 Å². The van der Waals surface area contributed by atoms with Gasteiger partial charge in [-0.25, -0.2) is 0 Å². The number of nitrogens with zero attached hydrogens (tertiary/aromatic N) is 1. The van der Waals surface area contributed by atoms with Crippen molar-refractivity contribution in [1.29, 1.82) is 0 Å². The zero-order chi connectivity index (χ0) is 23.8. The van der Waals surface area contributed by atoms with Crippen LogP contribution in [0.25, 0.3) is 0 Å². The Hall–Kier alpha value is -0.210. The number of aliphatic hydroxyl groups excluding tert-OH is 3. The molecule has 0 saturated heterocycles. The molecular formula is C26H47NNaO5. The predicted molar refractivity (Wildman–Crippen MR) is 135 cm³/mol. The first-order valence-electron chi connectivity index (χ1n) is 12.7. The van der Waals surface area contributed by atoms with Crippen molar-refractivity contribution >= 4 is 35.5 Å². The molecule has 0 aromatic rings. The van der Waals surface area contributed by atoms with E-state index in [-0.39, 0.29) is 47.4 Å². The second kappa shape index (κ2) is 20.0. The maximum absolute atomic E-state index is 11.8. The Balaban J connectivity index is 0.0000102. The van der Waals surface area contributed by atoms with E-state index >= 15 is 0 Å². The summed E-state index contributed by atoms with van der Waals surface area (Å²) in [7, 11) is 0. The number of hydrogen-bond acceptors (Lipinski definition) is 6. The quantitative estimate of drug-likeness (QED) is 0.129. The van der Waals surface area contributed by atoms with Crippen molar-refractivity contribution in [3.8, 4) is 0 Å². The second-order valence-electron chi connectivity index (χ2n) is 8.91. The molecular weight excluding hydrogens is 429 g/mol. The molecule has 1 rings (SSSR count). The molecule has 1 fully saturated rings. The number of carbonyl (C=O) groups excluding carboxylic acids is 1. The minimum absolute atomic E-state index is 0. The van der Waals surface area contributed by atoms with Gasteiger partial charge in [0.25, 0.3) is 0 Å². The topological polar surface area (TPSA) is 90.2 Å². The minimum atomic E-state index is -0.575. The summed E-state index contributed by atoms with van der Waals surface area (Å²) in [4.78, 5) is 14.0. The van der Waals surface area contributed by atoms with Crippen LogP contribution in [0.3, 0.4) is 0 Å². The van der Waals surface area contributed by atoms with Gasteiger partial charge in [-0.3, -0.25) is 4.79 Å². The Morgan fingerprint density at radius 2 is 1.82 bits per heavy atom. The van der Waals surface area contributed by atoms with Gasteiger partial charge in [0, 0.05) is 54.9 Å². The van der Waals surface area contributed by atoms with E-state index in [2.05, 4.69) is 25.7 Å². The predicted octanol–water partition coefficient (Wildman–Crippen LogP) is 3.46. The van der Waals surface area contributed by atoms with E-state index in [0.717, 1.165) is 58.2 Å². The van der Waals surface area contributed by atoms with Crippen LogP contribution in [0.5, 0.6) is 0 Å². The number of carbonyl (C=O) groups is 1. The number of esters is 1. The summed E-state index contributed by atoms with van der Waals surface area (Å²) in [5.41, 5.74) is 0. The van der Waals surface area contributed by atoms with E-state index in [0.29, 0.717) is 25.9 Å². The van der Waals surface area contributed by atoms with Crippen molar-refractivity contribution in [2.24, 2.45) is 11.8 Å². The third-order valence-corrected chi connectivity index (χ3v) is 6.47. The molecule has 1 saturated carbocycles. The Morgan fingerprint density at radius 3 is 2.48 bits per heavy atom. The summed E-state index contributed by atoms with van der Waals surface area (Å²) < 4.78 is 5.29. The van der Waals surface area contributed by atoms with E-state index < -0.39 is 18.3 Å². The minimum Gasteiger partial charge on any atom is -0.464 e. The van der Waals surface area contributed by atoms with Crippen molar-refractivity contribution < 1.29 is 24.9 Å². The molecule has 0 aromatic carbocycles. The fraction of sp³-hybridized carbons (Fsp3) is 0.808. The zero-order valence-corrected chi connectivity index (χ0v) is 23.5. The molecule has 5 atom stereocenters. The third-order valence-electron chi connectivity index (χ3n) is 6.47. The van der Waals surface area contributed by atoms with Gasteiger partial charge >= 0.3 is 5.97 Å². The maximum Gasteiger partial charge on any atom is 0.305 e. The fourth-order valence-electron chi connectivity index (χ4n) is 4.30. The Kier molecular flexibility index (Phi) is 19.9. The van der Waals surface area contributed by atoms with Crippen molar-refractivity contribution in [3.05, 3.63) is 24.3 Å². The van der Waals surface area contributed by atoms with Crippen molar-refractivity contribution in [3.63, 3.8) is 0 Å². The van der Waals surface area contributed by atoms with Crippen LogP contribution in [0.2, 0.25) is 0 Å². The Morgan fingerprint density at radius 1 is 1.09 bits per heavy atom. The molecule has 0 aliphatic heterocycles. The summed E-state index contributed by atoms with van der Waals surface area (Å²) in [5.74, 6) is -0.343. The van der Waals surface area contributed by atoms with E-state index in [1.165, 1.54) is 0 Å². The van der Waals surface area contributed by atoms with Gasteiger partial charge in [-0.2, -0.15) is 0 Å². The molecule has 187 valence electrons. The standard InChI is InChI=1S/C26H47NO5.Na/c1-4-7-10-13-21(28)16-17-23-22(24(29)20-25(23)30)14-11-8-9-12-15-26(31)32-19-18-27(5-2)6-3;/h8,11,16-17,21-25,28-30H,4-7,9-10,12-15,18-20H2,1-3H3;/t21?,22-,23-,24?,25?;/m1./s1. The molecule has 0 aromatic heterocycles. The molecule has 3 N–H and O–H groups in total. The van der Waals surface area contributed by atoms with Gasteiger partial charge in [0.15, 0.2) is 0 Å². The molecule has 7 heteroatoms. The summed E-state index contributed by atoms with van der Waals surface area (Å²) >= 11 is 0. The van der Waals surface area contributed by atoms with Gasteiger partial charge in [-0.1, -0.05) is 64.3 Å². The van der Waals surface area contributed by atoms with Gasteiger partial charge < -0.3 is 25.0 Å². The largest absolute Gasteiger partial charge is 0.464 e. The smallest absolute Gasteiger partial charge is 0.305 e. The van der Waals surface area contributed by atoms with Crippen molar-refractivity contribution in [1.82, 2.24) is 4.90 Å². The molecule has 33 heavy (non-hydrogen) atoms. The van der Waals surface area contributed by atoms with Crippen LogP contribution in [0.4, 0.5) is 0 Å². The number of hydrogen-bond donors (Lipinski definition) is 3. The number of ether oxygens (including phenoxy) is 1. The van der Waals surface area contributed by atoms with Crippen LogP contribution in [0.1, 0.15) is 78.6 Å². The molecule has 3 unspecified atom stereocenters. The van der Waals surface area contributed by atoms with Gasteiger partial charge in [0.05, 0.1) is 18.3 Å². The summed E-state index contributed by atoms with van der Waals surface area (Å²) in [6.07, 6.45) is 13.1. The first kappa shape index (κ1) is 32.8. The van der Waals surface area contributed by atoms with Gasteiger partial charge in [0.2, 0.25) is 0 Å². The third kappa shape index (κ3) is 14.1. The fourth-order valence-corrected chi connectivity index (χ4v) is 4.30. The number of unbranched alkanes of at least 4 members (excludes halogenated alkanes) is 3. The normalized spacial score (nSPS) is 24.0. The van der Waals surface area contributed by atoms with Gasteiger partial charge in [-0.15, -0.1) is 0 Å². The van der Waals surface area contributed by atoms with Crippen molar-refractivity contribution in [2.75, 3.05) is 26.2 Å². The molecule has 1 aliphatic rings. The molecule has 6 nitrogen and oxygen atoms in total. The van der Waals surface area contributed by atoms with E-state index in [9.17, 15) is 20.1 Å². The molecule has 1 radical (unpaired) electrons. The number of aliphatic hydroxyl groups is 3. The average molecular weight is 477 g/mol. The molecule has 0 bridgehead atoms. The maximum atomic E-state index is 11.8. The first-order valence-corrected chi connectivity index (χ1v) is 12.7. The number of allylic oxidation sites excluding steroid dienone is 2. The molecule has 0 spiro atoms. The van der Waals surface area contributed by atoms with Crippen LogP contribution < -0.4 is 0 Å². The van der Waals surface area contributed by atoms with Crippen molar-refractivity contribution in [2.45, 2.75) is 96.9 Å². The molecule has 0 heterocycles. The summed E-state index contributed by atoms with van der Waals surface area (Å²) in [6, 6.07) is 0. The van der Waals surface area contributed by atoms with E-state index in [1.807, 2.05) is 18.2 Å². The molecule has 1 aliphatic carbocycles. The van der Waals surface area contributed by atoms with E-state index in [4.69, 9.17) is 4.74 Å². The second-order valence-corrected chi connectivity index (χ2v) is 8.91. The average Bonchev–Trinajstić information content (AvgIpc) is 3.04. The summed E-state index contributed by atoms with van der Waals surface area (Å²) in [6.45, 7) is 9.47. The zero-order valence-electron chi connectivity index (χ0n) is 21.5. The Labute approximate surface area is 223 Å². The van der Waals surface area contributed by atoms with Crippen LogP contribution in [0.15, 0.2) is 24.3 Å². The number of rotatable bonds is 17. The first-order chi connectivity index (χ1) is 15.4. The van der Waals surface area contributed by atoms with Crippen LogP contribution in [-0.4, -0.2) is 100 Å². The SMILES string of the molecule is CCCCCC(O)C=C[C@H]1C(O)CC(O)[C@@H]1CC=CCCCC(=O)OCCN(CC)CC.[Na]. The van der Waals surface area contributed by atoms with Crippen LogP contribution in [-0.2, 0) is 9.53 Å². The van der Waals surface area contributed by atoms with E-state index in [1.54, 1.807) is 6.08 Å². The van der Waals surface area contributed by atoms with Crippen LogP contribution >= 0.6 is 0 Å². The number of likely N-dealkylation sites (N-methyl/N-ethyl adjacent to an activating group) is 1. The van der Waals surface area contributed by atoms with Crippen LogP contribution in [0, 0.1) is 11.8 Å². The summed E-state index contributed by atoms with van der Waals surface area (Å²) in [5, 5.41) is 30.8.